The monoisotopic (exact) mass is 381 g/mol. The van der Waals surface area contributed by atoms with Crippen molar-refractivity contribution in [1.82, 2.24) is 0 Å². The third-order valence-corrected chi connectivity index (χ3v) is 4.11. The van der Waals surface area contributed by atoms with Gasteiger partial charge >= 0.3 is 5.97 Å². The number of esters is 1. The maximum Gasteiger partial charge on any atom is 0.339 e. The lowest BCUT2D eigenvalue weighted by Gasteiger charge is -2.08. The Morgan fingerprint density at radius 2 is 1.80 bits per heavy atom. The number of ether oxygens (including phenoxy) is 3. The molecule has 25 heavy (non-hydrogen) atoms. The molecule has 0 fully saturated rings. The number of hydrogen-bond acceptors (Lipinski definition) is 8. The molecular formula is C16H15NO6S2. The average molecular weight is 381 g/mol. The topological polar surface area (TPSA) is 87.9 Å². The molecule has 0 atom stereocenters. The lowest BCUT2D eigenvalue weighted by molar-refractivity contribution is -0.384. The van der Waals surface area contributed by atoms with Crippen molar-refractivity contribution in [1.29, 1.82) is 0 Å². The Balaban J connectivity index is 1.57. The number of carbonyl (C=O) groups excluding carboxylic acids is 1. The van der Waals surface area contributed by atoms with Crippen LogP contribution in [0.15, 0.2) is 41.8 Å². The van der Waals surface area contributed by atoms with Crippen LogP contribution in [0, 0.1) is 13.9 Å². The minimum absolute atomic E-state index is 0.00793. The molecule has 0 amide bonds. The Kier molecular flexibility index (Phi) is 7.45. The first-order chi connectivity index (χ1) is 12.1. The average Bonchev–Trinajstić information content (AvgIpc) is 2.61. The quantitative estimate of drug-likeness (QED) is 0.215. The van der Waals surface area contributed by atoms with Crippen molar-refractivity contribution in [2.24, 2.45) is 0 Å². The summed E-state index contributed by atoms with van der Waals surface area (Å²) in [6, 6.07) is 9.09. The largest absolute Gasteiger partial charge is 0.491 e. The van der Waals surface area contributed by atoms with E-state index in [1.54, 1.807) is 17.5 Å². The molecule has 0 aliphatic carbocycles. The molecule has 0 radical (unpaired) electrons. The van der Waals surface area contributed by atoms with Gasteiger partial charge in [-0.15, -0.1) is 11.3 Å². The fourth-order valence-corrected chi connectivity index (χ4v) is 2.51. The number of carbonyl (C=O) groups is 1. The zero-order chi connectivity index (χ0) is 18.1. The summed E-state index contributed by atoms with van der Waals surface area (Å²) < 4.78 is 16.5. The lowest BCUT2D eigenvalue weighted by atomic mass is 10.3. The van der Waals surface area contributed by atoms with Crippen LogP contribution in [0.25, 0.3) is 0 Å². The maximum atomic E-state index is 11.7. The summed E-state index contributed by atoms with van der Waals surface area (Å²) in [7, 11) is 0. The standard InChI is InChI=1S/C16H15NO6S2/c18-16(12-1-6-15(24)25-11-12)23-10-8-21-7-9-22-14-4-2-13(3-5-14)17(19)20/h1-6,11H,7-10H2. The normalized spacial score (nSPS) is 10.2. The van der Waals surface area contributed by atoms with Gasteiger partial charge in [-0.25, -0.2) is 4.79 Å². The van der Waals surface area contributed by atoms with Crippen molar-refractivity contribution in [2.45, 2.75) is 0 Å². The second-order valence-corrected chi connectivity index (χ2v) is 6.30. The van der Waals surface area contributed by atoms with E-state index in [2.05, 4.69) is 0 Å². The summed E-state index contributed by atoms with van der Waals surface area (Å²) in [5, 5.41) is 12.2. The van der Waals surface area contributed by atoms with Gasteiger partial charge in [-0.05, 0) is 24.3 Å². The molecule has 132 valence electrons. The predicted molar refractivity (Wildman–Crippen MR) is 94.8 cm³/mol. The highest BCUT2D eigenvalue weighted by Crippen LogP contribution is 2.17. The van der Waals surface area contributed by atoms with E-state index in [4.69, 9.17) is 26.4 Å². The molecule has 9 heteroatoms. The Bertz CT molecular complexity index is 754. The van der Waals surface area contributed by atoms with Crippen LogP contribution >= 0.6 is 23.6 Å². The van der Waals surface area contributed by atoms with Crippen molar-refractivity contribution in [3.05, 3.63) is 61.3 Å². The second kappa shape index (κ2) is 9.82. The van der Waals surface area contributed by atoms with E-state index in [-0.39, 0.29) is 25.5 Å². The van der Waals surface area contributed by atoms with Gasteiger partial charge in [-0.3, -0.25) is 10.1 Å². The third kappa shape index (κ3) is 6.57. The molecule has 2 aromatic rings. The molecule has 0 saturated heterocycles. The molecular weight excluding hydrogens is 366 g/mol. The minimum Gasteiger partial charge on any atom is -0.491 e. The van der Waals surface area contributed by atoms with E-state index in [0.29, 0.717) is 21.7 Å². The maximum absolute atomic E-state index is 11.7. The van der Waals surface area contributed by atoms with Crippen LogP contribution in [0.1, 0.15) is 10.4 Å². The fourth-order valence-electron chi connectivity index (χ4n) is 1.74. The van der Waals surface area contributed by atoms with Crippen molar-refractivity contribution in [2.75, 3.05) is 26.4 Å². The van der Waals surface area contributed by atoms with Crippen molar-refractivity contribution < 1.29 is 23.9 Å². The molecule has 2 rings (SSSR count). The summed E-state index contributed by atoms with van der Waals surface area (Å²) in [5.41, 5.74) is 0.466. The van der Waals surface area contributed by atoms with E-state index in [1.807, 2.05) is 0 Å². The molecule has 0 aliphatic rings. The van der Waals surface area contributed by atoms with Crippen LogP contribution in [-0.4, -0.2) is 37.3 Å². The highest BCUT2D eigenvalue weighted by molar-refractivity contribution is 7.73. The Morgan fingerprint density at radius 3 is 2.44 bits per heavy atom. The van der Waals surface area contributed by atoms with Gasteiger partial charge in [0, 0.05) is 17.5 Å². The third-order valence-electron chi connectivity index (χ3n) is 2.94. The number of hydrogen-bond donors (Lipinski definition) is 0. The highest BCUT2D eigenvalue weighted by Gasteiger charge is 2.06. The summed E-state index contributed by atoms with van der Waals surface area (Å²) in [6.45, 7) is 0.976. The second-order valence-electron chi connectivity index (χ2n) is 4.69. The SMILES string of the molecule is O=C(OCCOCCOc1ccc([N+](=O)[O-])cc1)c1ccc(=S)sc1. The Hall–Kier alpha value is -2.36. The van der Waals surface area contributed by atoms with E-state index >= 15 is 0 Å². The van der Waals surface area contributed by atoms with Crippen molar-refractivity contribution >= 4 is 35.2 Å². The number of rotatable bonds is 9. The molecule has 1 aromatic carbocycles. The zero-order valence-corrected chi connectivity index (χ0v) is 14.7. The number of nitrogens with zero attached hydrogens (tertiary/aromatic N) is 1. The van der Waals surface area contributed by atoms with Crippen LogP contribution < -0.4 is 4.74 Å². The van der Waals surface area contributed by atoms with Gasteiger partial charge in [0.15, 0.2) is 0 Å². The Morgan fingerprint density at radius 1 is 1.08 bits per heavy atom. The first kappa shape index (κ1) is 19.0. The van der Waals surface area contributed by atoms with Crippen LogP contribution in [0.4, 0.5) is 5.69 Å². The van der Waals surface area contributed by atoms with E-state index in [0.717, 1.165) is 0 Å². The molecule has 0 saturated carbocycles. The van der Waals surface area contributed by atoms with Crippen LogP contribution in [-0.2, 0) is 9.47 Å². The van der Waals surface area contributed by atoms with Crippen LogP contribution in [0.3, 0.4) is 0 Å². The van der Waals surface area contributed by atoms with Gasteiger partial charge in [0.25, 0.3) is 5.69 Å². The van der Waals surface area contributed by atoms with E-state index in [9.17, 15) is 14.9 Å². The van der Waals surface area contributed by atoms with E-state index < -0.39 is 10.9 Å². The van der Waals surface area contributed by atoms with Crippen LogP contribution in [0.5, 0.6) is 5.75 Å². The van der Waals surface area contributed by atoms with Crippen molar-refractivity contribution in [3.8, 4) is 5.75 Å². The summed E-state index contributed by atoms with van der Waals surface area (Å²) in [5.74, 6) is 0.101. The molecule has 1 heterocycles. The lowest BCUT2D eigenvalue weighted by Crippen LogP contribution is -2.13. The molecule has 0 bridgehead atoms. The number of nitro benzene ring substituents is 1. The van der Waals surface area contributed by atoms with Crippen LogP contribution in [0.2, 0.25) is 0 Å². The van der Waals surface area contributed by atoms with E-state index in [1.165, 1.54) is 35.6 Å². The molecule has 1 aromatic heterocycles. The number of nitro groups is 1. The number of benzene rings is 1. The summed E-state index contributed by atoms with van der Waals surface area (Å²) in [4.78, 5) is 21.8. The smallest absolute Gasteiger partial charge is 0.339 e. The van der Waals surface area contributed by atoms with Gasteiger partial charge in [-0.2, -0.15) is 0 Å². The van der Waals surface area contributed by atoms with Gasteiger partial charge in [0.2, 0.25) is 0 Å². The molecule has 0 unspecified atom stereocenters. The van der Waals surface area contributed by atoms with Gasteiger partial charge < -0.3 is 14.2 Å². The fraction of sp³-hybridized carbons (Fsp3) is 0.250. The van der Waals surface area contributed by atoms with Gasteiger partial charge in [0.05, 0.1) is 27.5 Å². The summed E-state index contributed by atoms with van der Waals surface area (Å²) in [6.07, 6.45) is 0. The summed E-state index contributed by atoms with van der Waals surface area (Å²) >= 11 is 6.26. The predicted octanol–water partition coefficient (Wildman–Crippen LogP) is 3.64. The first-order valence-corrected chi connectivity index (χ1v) is 8.56. The Labute approximate surface area is 152 Å². The zero-order valence-electron chi connectivity index (χ0n) is 13.1. The molecule has 0 aliphatic heterocycles. The molecule has 0 N–H and O–H groups in total. The van der Waals surface area contributed by atoms with Gasteiger partial charge in [-0.1, -0.05) is 12.2 Å². The van der Waals surface area contributed by atoms with Gasteiger partial charge in [0.1, 0.15) is 19.0 Å². The van der Waals surface area contributed by atoms with Crippen molar-refractivity contribution in [3.63, 3.8) is 0 Å². The minimum atomic E-state index is -0.472. The molecule has 7 nitrogen and oxygen atoms in total. The highest BCUT2D eigenvalue weighted by atomic mass is 32.1. The first-order valence-electron chi connectivity index (χ1n) is 7.27. The number of non-ortho nitro benzene ring substituents is 1. The molecule has 0 spiro atoms.